The van der Waals surface area contributed by atoms with Crippen molar-refractivity contribution in [2.24, 2.45) is 7.05 Å². The second kappa shape index (κ2) is 7.49. The van der Waals surface area contributed by atoms with Crippen molar-refractivity contribution in [3.63, 3.8) is 0 Å². The summed E-state index contributed by atoms with van der Waals surface area (Å²) >= 11 is 3.44. The van der Waals surface area contributed by atoms with Gasteiger partial charge in [-0.05, 0) is 42.8 Å². The Morgan fingerprint density at radius 2 is 1.74 bits per heavy atom. The molecule has 6 nitrogen and oxygen atoms in total. The lowest BCUT2D eigenvalue weighted by atomic mass is 10.1. The van der Waals surface area contributed by atoms with E-state index >= 15 is 0 Å². The second-order valence-corrected chi connectivity index (χ2v) is 8.21. The Kier molecular flexibility index (Phi) is 4.77. The average Bonchev–Trinajstić information content (AvgIpc) is 3.39. The molecule has 0 saturated heterocycles. The van der Waals surface area contributed by atoms with Gasteiger partial charge >= 0.3 is 5.69 Å². The van der Waals surface area contributed by atoms with Crippen molar-refractivity contribution in [2.75, 3.05) is 5.33 Å². The number of aryl methyl sites for hydroxylation is 2. The van der Waals surface area contributed by atoms with Gasteiger partial charge in [0.1, 0.15) is 11.6 Å². The fourth-order valence-electron chi connectivity index (χ4n) is 4.09. The molecule has 0 aliphatic heterocycles. The number of hydrogen-bond donors (Lipinski definition) is 1. The van der Waals surface area contributed by atoms with Crippen LogP contribution >= 0.6 is 15.9 Å². The average molecular weight is 486 g/mol. The van der Waals surface area contributed by atoms with Gasteiger partial charge in [-0.3, -0.25) is 0 Å². The Balaban J connectivity index is 1.79. The van der Waals surface area contributed by atoms with Gasteiger partial charge in [0.25, 0.3) is 0 Å². The number of fused-ring (bicyclic) bond motifs is 2. The topological polar surface area (TPSA) is 60.5 Å². The summed E-state index contributed by atoms with van der Waals surface area (Å²) in [6.45, 7) is 0.703. The summed E-state index contributed by atoms with van der Waals surface area (Å²) in [4.78, 5) is 12.8. The maximum atomic E-state index is 14.1. The van der Waals surface area contributed by atoms with Gasteiger partial charge in [-0.25, -0.2) is 23.2 Å². The van der Waals surface area contributed by atoms with Crippen LogP contribution in [0.3, 0.4) is 0 Å². The van der Waals surface area contributed by atoms with E-state index in [9.17, 15) is 13.6 Å². The van der Waals surface area contributed by atoms with Gasteiger partial charge in [0.2, 0.25) is 0 Å². The van der Waals surface area contributed by atoms with Gasteiger partial charge in [0, 0.05) is 53.2 Å². The van der Waals surface area contributed by atoms with Crippen LogP contribution in [0.15, 0.2) is 53.6 Å². The molecule has 0 aliphatic rings. The molecule has 0 radical (unpaired) electrons. The molecule has 0 spiro atoms. The lowest BCUT2D eigenvalue weighted by Gasteiger charge is -2.04. The van der Waals surface area contributed by atoms with Crippen LogP contribution in [0.5, 0.6) is 0 Å². The van der Waals surface area contributed by atoms with Gasteiger partial charge in [-0.1, -0.05) is 15.9 Å². The van der Waals surface area contributed by atoms with Crippen LogP contribution in [-0.4, -0.2) is 29.2 Å². The molecule has 3 heterocycles. The molecule has 0 amide bonds. The molecule has 0 unspecified atom stereocenters. The van der Waals surface area contributed by atoms with Crippen molar-refractivity contribution < 1.29 is 8.78 Å². The molecule has 5 aromatic rings. The van der Waals surface area contributed by atoms with Crippen LogP contribution in [0, 0.1) is 11.6 Å². The smallest absolute Gasteiger partial charge is 0.348 e. The maximum absolute atomic E-state index is 14.1. The van der Waals surface area contributed by atoms with Crippen LogP contribution < -0.4 is 5.69 Å². The summed E-state index contributed by atoms with van der Waals surface area (Å²) in [5.74, 6) is -0.430. The van der Waals surface area contributed by atoms with E-state index in [0.29, 0.717) is 34.4 Å². The second-order valence-electron chi connectivity index (χ2n) is 7.41. The minimum atomic E-state index is -0.452. The molecular weight excluding hydrogens is 468 g/mol. The predicted octanol–water partition coefficient (Wildman–Crippen LogP) is 4.74. The Hall–Kier alpha value is -3.20. The molecule has 0 saturated carbocycles. The number of nitrogens with zero attached hydrogens (tertiary/aromatic N) is 4. The number of aromatic amines is 1. The number of halogens is 3. The third kappa shape index (κ3) is 3.20. The third-order valence-corrected chi connectivity index (χ3v) is 6.02. The minimum Gasteiger partial charge on any atom is -0.350 e. The van der Waals surface area contributed by atoms with Crippen molar-refractivity contribution in [1.29, 1.82) is 0 Å². The van der Waals surface area contributed by atoms with E-state index in [1.807, 2.05) is 22.4 Å². The molecule has 9 heteroatoms. The first-order valence-corrected chi connectivity index (χ1v) is 10.9. The number of nitrogens with one attached hydrogen (secondary N) is 1. The first-order chi connectivity index (χ1) is 15.0. The molecule has 0 atom stereocenters. The van der Waals surface area contributed by atoms with Crippen LogP contribution in [0.4, 0.5) is 8.78 Å². The van der Waals surface area contributed by atoms with E-state index in [0.717, 1.165) is 22.8 Å². The quantitative estimate of drug-likeness (QED) is 0.365. The summed E-state index contributed by atoms with van der Waals surface area (Å²) in [6.07, 6.45) is 4.51. The molecule has 3 aromatic heterocycles. The Bertz CT molecular complexity index is 1490. The monoisotopic (exact) mass is 485 g/mol. The standard InChI is InChI=1S/C22H18BrF2N5O/c1-28-11-17(15-9-13(24)3-5-18(15)28)21-26-27-22(31)30(21)20-12-29(8-2-7-23)19-6-4-14(25)10-16(19)20/h3-6,9-12H,2,7-8H2,1H3,(H,27,31). The zero-order valence-corrected chi connectivity index (χ0v) is 18.2. The van der Waals surface area contributed by atoms with Gasteiger partial charge in [0.05, 0.1) is 11.2 Å². The Morgan fingerprint density at radius 1 is 1.03 bits per heavy atom. The van der Waals surface area contributed by atoms with Crippen LogP contribution in [0.25, 0.3) is 38.9 Å². The molecule has 158 valence electrons. The van der Waals surface area contributed by atoms with E-state index in [1.165, 1.54) is 28.8 Å². The summed E-state index contributed by atoms with van der Waals surface area (Å²) < 4.78 is 33.4. The van der Waals surface area contributed by atoms with Crippen LogP contribution in [-0.2, 0) is 13.6 Å². The number of H-pyrrole nitrogens is 1. The Morgan fingerprint density at radius 3 is 2.48 bits per heavy atom. The van der Waals surface area contributed by atoms with E-state index in [2.05, 4.69) is 26.1 Å². The molecule has 0 bridgehead atoms. The highest BCUT2D eigenvalue weighted by Crippen LogP contribution is 2.32. The van der Waals surface area contributed by atoms with Crippen molar-refractivity contribution in [1.82, 2.24) is 23.9 Å². The highest BCUT2D eigenvalue weighted by molar-refractivity contribution is 9.09. The zero-order valence-electron chi connectivity index (χ0n) is 16.6. The molecule has 2 aromatic carbocycles. The molecule has 5 rings (SSSR count). The lowest BCUT2D eigenvalue weighted by molar-refractivity contribution is 0.629. The summed E-state index contributed by atoms with van der Waals surface area (Å²) in [5.41, 5.74) is 2.30. The molecule has 1 N–H and O–H groups in total. The lowest BCUT2D eigenvalue weighted by Crippen LogP contribution is -2.15. The van der Waals surface area contributed by atoms with E-state index in [1.54, 1.807) is 18.3 Å². The number of rotatable bonds is 5. The van der Waals surface area contributed by atoms with Crippen molar-refractivity contribution in [3.8, 4) is 17.1 Å². The van der Waals surface area contributed by atoms with E-state index < -0.39 is 11.5 Å². The van der Waals surface area contributed by atoms with Crippen molar-refractivity contribution in [3.05, 3.63) is 70.9 Å². The highest BCUT2D eigenvalue weighted by Gasteiger charge is 2.21. The first-order valence-electron chi connectivity index (χ1n) is 9.75. The number of aromatic nitrogens is 5. The predicted molar refractivity (Wildman–Crippen MR) is 120 cm³/mol. The van der Waals surface area contributed by atoms with Crippen molar-refractivity contribution >= 4 is 37.7 Å². The largest absolute Gasteiger partial charge is 0.350 e. The maximum Gasteiger partial charge on any atom is 0.348 e. The Labute approximate surface area is 183 Å². The van der Waals surface area contributed by atoms with Crippen molar-refractivity contribution in [2.45, 2.75) is 13.0 Å². The van der Waals surface area contributed by atoms with Crippen LogP contribution in [0.1, 0.15) is 6.42 Å². The molecule has 31 heavy (non-hydrogen) atoms. The summed E-state index contributed by atoms with van der Waals surface area (Å²) in [5, 5.41) is 8.79. The van der Waals surface area contributed by atoms with E-state index in [-0.39, 0.29) is 5.82 Å². The highest BCUT2D eigenvalue weighted by atomic mass is 79.9. The number of benzene rings is 2. The fourth-order valence-corrected chi connectivity index (χ4v) is 4.34. The number of alkyl halides is 1. The SMILES string of the molecule is Cn1cc(-c2n[nH]c(=O)n2-c2cn(CCCBr)c3ccc(F)cc23)c2cc(F)ccc21. The van der Waals surface area contributed by atoms with Gasteiger partial charge in [-0.2, -0.15) is 5.10 Å². The summed E-state index contributed by atoms with van der Waals surface area (Å²) in [6, 6.07) is 9.03. The normalized spacial score (nSPS) is 11.7. The molecule has 0 fully saturated rings. The van der Waals surface area contributed by atoms with Gasteiger partial charge < -0.3 is 9.13 Å². The molecular formula is C22H18BrF2N5O. The number of hydrogen-bond acceptors (Lipinski definition) is 2. The summed E-state index contributed by atoms with van der Waals surface area (Å²) in [7, 11) is 1.85. The third-order valence-electron chi connectivity index (χ3n) is 5.46. The molecule has 0 aliphatic carbocycles. The van der Waals surface area contributed by atoms with Gasteiger partial charge in [-0.15, -0.1) is 0 Å². The van der Waals surface area contributed by atoms with Crippen LogP contribution in [0.2, 0.25) is 0 Å². The zero-order chi connectivity index (χ0) is 21.7. The minimum absolute atomic E-state index is 0.338. The fraction of sp³-hybridized carbons (Fsp3) is 0.182. The van der Waals surface area contributed by atoms with Gasteiger partial charge in [0.15, 0.2) is 5.82 Å². The first kappa shape index (κ1) is 19.7. The van der Waals surface area contributed by atoms with E-state index in [4.69, 9.17) is 0 Å².